The van der Waals surface area contributed by atoms with Crippen LogP contribution in [-0.4, -0.2) is 45.3 Å². The van der Waals surface area contributed by atoms with Crippen LogP contribution < -0.4 is 5.32 Å². The number of hydrogen-bond acceptors (Lipinski definition) is 4. The first-order valence-corrected chi connectivity index (χ1v) is 7.52. The molecule has 1 aromatic heterocycles. The summed E-state index contributed by atoms with van der Waals surface area (Å²) in [7, 11) is 0. The molecule has 1 fully saturated rings. The van der Waals surface area contributed by atoms with Gasteiger partial charge in [0.05, 0.1) is 6.54 Å². The third-order valence-electron chi connectivity index (χ3n) is 3.69. The van der Waals surface area contributed by atoms with Gasteiger partial charge in [0.25, 0.3) is 0 Å². The Kier molecular flexibility index (Phi) is 5.34. The highest BCUT2D eigenvalue weighted by molar-refractivity contribution is 4.89. The first-order valence-electron chi connectivity index (χ1n) is 7.52. The topological polar surface area (TPSA) is 46.0 Å². The third-order valence-corrected chi connectivity index (χ3v) is 3.69. The van der Waals surface area contributed by atoms with Crippen molar-refractivity contribution in [3.05, 3.63) is 12.2 Å². The first-order chi connectivity index (χ1) is 9.20. The molecule has 0 radical (unpaired) electrons. The van der Waals surface area contributed by atoms with Crippen LogP contribution in [0.2, 0.25) is 0 Å². The molecule has 1 saturated heterocycles. The maximum absolute atomic E-state index is 4.43. The average molecular weight is 265 g/mol. The first kappa shape index (κ1) is 14.5. The number of rotatable bonds is 6. The Labute approximate surface area is 116 Å². The molecule has 0 aliphatic carbocycles. The highest BCUT2D eigenvalue weighted by Crippen LogP contribution is 2.15. The Morgan fingerprint density at radius 2 is 2.32 bits per heavy atom. The number of nitrogens with one attached hydrogen (secondary N) is 1. The van der Waals surface area contributed by atoms with Crippen LogP contribution in [0.5, 0.6) is 0 Å². The minimum absolute atomic E-state index is 0.625. The summed E-state index contributed by atoms with van der Waals surface area (Å²) in [6.45, 7) is 12.0. The second-order valence-corrected chi connectivity index (χ2v) is 5.86. The van der Waals surface area contributed by atoms with E-state index in [-0.39, 0.29) is 0 Å². The Balaban J connectivity index is 2.00. The predicted octanol–water partition coefficient (Wildman–Crippen LogP) is 1.51. The second kappa shape index (κ2) is 7.01. The van der Waals surface area contributed by atoms with E-state index in [1.54, 1.807) is 6.33 Å². The third kappa shape index (κ3) is 4.01. The molecule has 1 unspecified atom stereocenters. The van der Waals surface area contributed by atoms with Gasteiger partial charge in [-0.2, -0.15) is 5.10 Å². The molecule has 2 rings (SSSR count). The molecule has 2 heterocycles. The van der Waals surface area contributed by atoms with Crippen molar-refractivity contribution in [2.45, 2.75) is 52.7 Å². The molecular weight excluding hydrogens is 238 g/mol. The van der Waals surface area contributed by atoms with Gasteiger partial charge in [-0.15, -0.1) is 0 Å². The molecule has 108 valence electrons. The van der Waals surface area contributed by atoms with Crippen molar-refractivity contribution < 1.29 is 0 Å². The zero-order chi connectivity index (χ0) is 13.7. The minimum atomic E-state index is 0.625. The van der Waals surface area contributed by atoms with Crippen LogP contribution in [-0.2, 0) is 13.1 Å². The van der Waals surface area contributed by atoms with Crippen molar-refractivity contribution in [1.82, 2.24) is 25.0 Å². The molecule has 0 bridgehead atoms. The zero-order valence-electron chi connectivity index (χ0n) is 12.5. The van der Waals surface area contributed by atoms with Crippen molar-refractivity contribution in [1.29, 1.82) is 0 Å². The van der Waals surface area contributed by atoms with Crippen molar-refractivity contribution in [2.24, 2.45) is 5.92 Å². The van der Waals surface area contributed by atoms with Gasteiger partial charge in [-0.25, -0.2) is 9.67 Å². The molecule has 0 spiro atoms. The van der Waals surface area contributed by atoms with Crippen molar-refractivity contribution in [3.8, 4) is 0 Å². The van der Waals surface area contributed by atoms with E-state index in [0.29, 0.717) is 6.04 Å². The minimum Gasteiger partial charge on any atom is -0.314 e. The normalized spacial score (nSPS) is 21.2. The Hall–Kier alpha value is -0.940. The lowest BCUT2D eigenvalue weighted by atomic mass is 10.0. The molecule has 19 heavy (non-hydrogen) atoms. The maximum Gasteiger partial charge on any atom is 0.141 e. The maximum atomic E-state index is 4.43. The molecule has 1 aliphatic heterocycles. The van der Waals surface area contributed by atoms with Crippen LogP contribution in [0.3, 0.4) is 0 Å². The molecule has 1 N–H and O–H groups in total. The number of aryl methyl sites for hydroxylation is 1. The van der Waals surface area contributed by atoms with Crippen LogP contribution in [0.15, 0.2) is 6.33 Å². The molecular formula is C14H27N5. The summed E-state index contributed by atoms with van der Waals surface area (Å²) in [6.07, 6.45) is 4.03. The number of piperazine rings is 1. The van der Waals surface area contributed by atoms with E-state index in [9.17, 15) is 0 Å². The predicted molar refractivity (Wildman–Crippen MR) is 76.8 cm³/mol. The van der Waals surface area contributed by atoms with Gasteiger partial charge in [-0.05, 0) is 18.8 Å². The Bertz CT molecular complexity index is 374. The molecule has 0 saturated carbocycles. The number of nitrogens with zero attached hydrogens (tertiary/aromatic N) is 4. The summed E-state index contributed by atoms with van der Waals surface area (Å²) < 4.78 is 2.05. The number of hydrogen-bond donors (Lipinski definition) is 1. The molecule has 1 aliphatic rings. The molecule has 5 heteroatoms. The Morgan fingerprint density at radius 3 is 3.05 bits per heavy atom. The van der Waals surface area contributed by atoms with Crippen LogP contribution in [0, 0.1) is 5.92 Å². The summed E-state index contributed by atoms with van der Waals surface area (Å²) in [5.74, 6) is 1.85. The molecule has 0 amide bonds. The van der Waals surface area contributed by atoms with Gasteiger partial charge in [-0.3, -0.25) is 4.90 Å². The van der Waals surface area contributed by atoms with Gasteiger partial charge in [-0.1, -0.05) is 20.8 Å². The lowest BCUT2D eigenvalue weighted by Crippen LogP contribution is -2.51. The van der Waals surface area contributed by atoms with E-state index >= 15 is 0 Å². The fourth-order valence-electron chi connectivity index (χ4n) is 2.78. The van der Waals surface area contributed by atoms with Gasteiger partial charge in [0.1, 0.15) is 12.2 Å². The van der Waals surface area contributed by atoms with Crippen molar-refractivity contribution in [3.63, 3.8) is 0 Å². The SMILES string of the molecule is CCCn1ncnc1CN1CCNCC1CC(C)C. The van der Waals surface area contributed by atoms with E-state index in [4.69, 9.17) is 0 Å². The van der Waals surface area contributed by atoms with Crippen LogP contribution in [0.4, 0.5) is 0 Å². The standard InChI is InChI=1S/C14H27N5/c1-4-6-19-14(16-11-17-19)10-18-7-5-15-9-13(18)8-12(2)3/h11-13,15H,4-10H2,1-3H3. The van der Waals surface area contributed by atoms with Crippen molar-refractivity contribution >= 4 is 0 Å². The highest BCUT2D eigenvalue weighted by atomic mass is 15.4. The van der Waals surface area contributed by atoms with E-state index in [1.807, 2.05) is 0 Å². The summed E-state index contributed by atoms with van der Waals surface area (Å²) >= 11 is 0. The van der Waals surface area contributed by atoms with Gasteiger partial charge in [0.15, 0.2) is 0 Å². The second-order valence-electron chi connectivity index (χ2n) is 5.86. The molecule has 1 atom stereocenters. The average Bonchev–Trinajstić information content (AvgIpc) is 2.79. The fraction of sp³-hybridized carbons (Fsp3) is 0.857. The van der Waals surface area contributed by atoms with Crippen LogP contribution in [0.25, 0.3) is 0 Å². The lowest BCUT2D eigenvalue weighted by molar-refractivity contribution is 0.129. The summed E-state index contributed by atoms with van der Waals surface area (Å²) in [6, 6.07) is 0.625. The van der Waals surface area contributed by atoms with Crippen LogP contribution in [0.1, 0.15) is 39.4 Å². The van der Waals surface area contributed by atoms with E-state index < -0.39 is 0 Å². The molecule has 1 aromatic rings. The quantitative estimate of drug-likeness (QED) is 0.847. The number of aromatic nitrogens is 3. The smallest absolute Gasteiger partial charge is 0.141 e. The van der Waals surface area contributed by atoms with E-state index in [2.05, 4.69) is 45.8 Å². The van der Waals surface area contributed by atoms with Crippen LogP contribution >= 0.6 is 0 Å². The van der Waals surface area contributed by atoms with Gasteiger partial charge in [0.2, 0.25) is 0 Å². The zero-order valence-corrected chi connectivity index (χ0v) is 12.5. The van der Waals surface area contributed by atoms with Gasteiger partial charge in [0, 0.05) is 32.2 Å². The van der Waals surface area contributed by atoms with E-state index in [1.165, 1.54) is 6.42 Å². The lowest BCUT2D eigenvalue weighted by Gasteiger charge is -2.36. The van der Waals surface area contributed by atoms with Gasteiger partial charge < -0.3 is 5.32 Å². The summed E-state index contributed by atoms with van der Waals surface area (Å²) in [5.41, 5.74) is 0. The van der Waals surface area contributed by atoms with E-state index in [0.717, 1.165) is 50.9 Å². The summed E-state index contributed by atoms with van der Waals surface area (Å²) in [4.78, 5) is 6.99. The van der Waals surface area contributed by atoms with Crippen molar-refractivity contribution in [2.75, 3.05) is 19.6 Å². The monoisotopic (exact) mass is 265 g/mol. The van der Waals surface area contributed by atoms with Gasteiger partial charge >= 0.3 is 0 Å². The molecule has 5 nitrogen and oxygen atoms in total. The highest BCUT2D eigenvalue weighted by Gasteiger charge is 2.24. The fourth-order valence-corrected chi connectivity index (χ4v) is 2.78. The molecule has 0 aromatic carbocycles. The Morgan fingerprint density at radius 1 is 1.47 bits per heavy atom. The largest absolute Gasteiger partial charge is 0.314 e. The summed E-state index contributed by atoms with van der Waals surface area (Å²) in [5, 5.41) is 7.83.